The van der Waals surface area contributed by atoms with Crippen LogP contribution >= 0.6 is 0 Å². The first kappa shape index (κ1) is 10.0. The quantitative estimate of drug-likeness (QED) is 0.479. The first-order valence-corrected chi connectivity index (χ1v) is 2.17. The molecule has 0 bridgehead atoms. The van der Waals surface area contributed by atoms with Gasteiger partial charge < -0.3 is 9.95 Å². The highest BCUT2D eigenvalue weighted by atomic mass is 16.4. The molecule has 0 amide bonds. The van der Waals surface area contributed by atoms with Gasteiger partial charge in [0.15, 0.2) is 0 Å². The second-order valence-electron chi connectivity index (χ2n) is 0.993. The van der Waals surface area contributed by atoms with Gasteiger partial charge in [-0.05, 0) is 0 Å². The SMILES string of the molecule is CC(=O)O.[C-]#[N+]CC. The maximum Gasteiger partial charge on any atom is 0.300 e. The fourth-order valence-electron chi connectivity index (χ4n) is 0. The average Bonchev–Trinajstić information content (AvgIpc) is 1.65. The molecule has 0 aromatic carbocycles. The van der Waals surface area contributed by atoms with Crippen LogP contribution in [0.4, 0.5) is 0 Å². The first-order chi connectivity index (χ1) is 3.65. The van der Waals surface area contributed by atoms with Crippen molar-refractivity contribution in [3.63, 3.8) is 0 Å². The number of carbonyl (C=O) groups is 1. The van der Waals surface area contributed by atoms with E-state index in [4.69, 9.17) is 16.5 Å². The molecule has 3 heteroatoms. The first-order valence-electron chi connectivity index (χ1n) is 2.17. The van der Waals surface area contributed by atoms with Crippen molar-refractivity contribution in [2.24, 2.45) is 0 Å². The van der Waals surface area contributed by atoms with Crippen LogP contribution in [0.25, 0.3) is 4.85 Å². The van der Waals surface area contributed by atoms with E-state index in [9.17, 15) is 0 Å². The molecule has 46 valence electrons. The van der Waals surface area contributed by atoms with E-state index in [1.54, 1.807) is 0 Å². The summed E-state index contributed by atoms with van der Waals surface area (Å²) in [5, 5.41) is 7.42. The summed E-state index contributed by atoms with van der Waals surface area (Å²) in [7, 11) is 0. The highest BCUT2D eigenvalue weighted by Crippen LogP contribution is 1.52. The summed E-state index contributed by atoms with van der Waals surface area (Å²) >= 11 is 0. The molecule has 1 N–H and O–H groups in total. The second kappa shape index (κ2) is 9.35. The summed E-state index contributed by atoms with van der Waals surface area (Å²) in [5.41, 5.74) is 0. The van der Waals surface area contributed by atoms with Crippen molar-refractivity contribution < 1.29 is 9.90 Å². The third kappa shape index (κ3) is 48600. The van der Waals surface area contributed by atoms with Crippen LogP contribution in [-0.4, -0.2) is 17.6 Å². The smallest absolute Gasteiger partial charge is 0.300 e. The second-order valence-corrected chi connectivity index (χ2v) is 0.993. The van der Waals surface area contributed by atoms with E-state index in [1.165, 1.54) is 0 Å². The molecular formula is C5H9NO2. The highest BCUT2D eigenvalue weighted by molar-refractivity contribution is 5.62. The molecule has 0 atom stereocenters. The monoisotopic (exact) mass is 115 g/mol. The van der Waals surface area contributed by atoms with Crippen LogP contribution in [0, 0.1) is 6.57 Å². The van der Waals surface area contributed by atoms with Crippen LogP contribution in [0.1, 0.15) is 13.8 Å². The van der Waals surface area contributed by atoms with Crippen molar-refractivity contribution in [2.75, 3.05) is 6.54 Å². The number of nitrogens with zero attached hydrogens (tertiary/aromatic N) is 1. The molecule has 0 saturated heterocycles. The highest BCUT2D eigenvalue weighted by Gasteiger charge is 1.65. The lowest BCUT2D eigenvalue weighted by molar-refractivity contribution is -0.134. The lowest BCUT2D eigenvalue weighted by Gasteiger charge is -1.59. The van der Waals surface area contributed by atoms with Gasteiger partial charge in [-0.25, -0.2) is 6.57 Å². The molecular weight excluding hydrogens is 106 g/mol. The predicted octanol–water partition coefficient (Wildman–Crippen LogP) is 1.02. The fourth-order valence-corrected chi connectivity index (χ4v) is 0. The van der Waals surface area contributed by atoms with Gasteiger partial charge in [0.2, 0.25) is 6.54 Å². The third-order valence-electron chi connectivity index (χ3n) is 0.158. The molecule has 8 heavy (non-hydrogen) atoms. The van der Waals surface area contributed by atoms with Crippen LogP contribution in [0.15, 0.2) is 0 Å². The Hall–Kier alpha value is -1.04. The molecule has 0 aliphatic heterocycles. The average molecular weight is 115 g/mol. The van der Waals surface area contributed by atoms with Crippen molar-refractivity contribution in [3.05, 3.63) is 11.4 Å². The van der Waals surface area contributed by atoms with Crippen molar-refractivity contribution in [2.45, 2.75) is 13.8 Å². The predicted molar refractivity (Wildman–Crippen MR) is 30.5 cm³/mol. The van der Waals surface area contributed by atoms with E-state index < -0.39 is 5.97 Å². The lowest BCUT2D eigenvalue weighted by Crippen LogP contribution is -1.78. The van der Waals surface area contributed by atoms with E-state index in [-0.39, 0.29) is 0 Å². The Morgan fingerprint density at radius 3 is 2.00 bits per heavy atom. The van der Waals surface area contributed by atoms with Gasteiger partial charge in [-0.2, -0.15) is 0 Å². The van der Waals surface area contributed by atoms with Gasteiger partial charge in [0.1, 0.15) is 0 Å². The van der Waals surface area contributed by atoms with Gasteiger partial charge in [-0.1, -0.05) is 0 Å². The Morgan fingerprint density at radius 2 is 2.00 bits per heavy atom. The molecule has 0 aliphatic carbocycles. The van der Waals surface area contributed by atoms with E-state index in [2.05, 4.69) is 4.85 Å². The van der Waals surface area contributed by atoms with Crippen molar-refractivity contribution in [1.82, 2.24) is 0 Å². The zero-order valence-corrected chi connectivity index (χ0v) is 5.01. The Labute approximate surface area is 48.8 Å². The maximum absolute atomic E-state index is 9.00. The Kier molecular flexibility index (Phi) is 11.7. The fraction of sp³-hybridized carbons (Fsp3) is 0.600. The van der Waals surface area contributed by atoms with Crippen LogP contribution in [-0.2, 0) is 4.79 Å². The molecule has 0 rings (SSSR count). The maximum atomic E-state index is 9.00. The number of carboxylic acid groups (broad SMARTS) is 1. The molecule has 0 radical (unpaired) electrons. The van der Waals surface area contributed by atoms with Gasteiger partial charge >= 0.3 is 0 Å². The molecule has 0 fully saturated rings. The molecule has 0 aliphatic rings. The van der Waals surface area contributed by atoms with E-state index in [1.807, 2.05) is 6.92 Å². The minimum Gasteiger partial charge on any atom is -0.481 e. The summed E-state index contributed by atoms with van der Waals surface area (Å²) in [4.78, 5) is 12.0. The van der Waals surface area contributed by atoms with Crippen LogP contribution in [0.3, 0.4) is 0 Å². The number of carboxylic acids is 1. The number of rotatable bonds is 0. The normalized spacial score (nSPS) is 5.62. The van der Waals surface area contributed by atoms with Crippen LogP contribution in [0.5, 0.6) is 0 Å². The number of aliphatic carboxylic acids is 1. The molecule has 0 heterocycles. The van der Waals surface area contributed by atoms with Crippen molar-refractivity contribution in [1.29, 1.82) is 0 Å². The lowest BCUT2D eigenvalue weighted by atomic mass is 10.8. The topological polar surface area (TPSA) is 41.7 Å². The summed E-state index contributed by atoms with van der Waals surface area (Å²) in [6.45, 7) is 9.60. The summed E-state index contributed by atoms with van der Waals surface area (Å²) < 4.78 is 0. The Balaban J connectivity index is 0. The molecule has 0 spiro atoms. The Morgan fingerprint density at radius 1 is 1.88 bits per heavy atom. The zero-order chi connectivity index (χ0) is 6.99. The minimum atomic E-state index is -0.833. The largest absolute Gasteiger partial charge is 0.481 e. The van der Waals surface area contributed by atoms with Gasteiger partial charge in [-0.3, -0.25) is 4.79 Å². The van der Waals surface area contributed by atoms with Crippen molar-refractivity contribution in [3.8, 4) is 0 Å². The summed E-state index contributed by atoms with van der Waals surface area (Å²) in [6.07, 6.45) is 0. The van der Waals surface area contributed by atoms with Crippen LogP contribution in [0.2, 0.25) is 0 Å². The Bertz CT molecular complexity index is 89.1. The zero-order valence-electron chi connectivity index (χ0n) is 5.01. The number of hydrogen-bond acceptors (Lipinski definition) is 1. The van der Waals surface area contributed by atoms with E-state index in [0.29, 0.717) is 6.54 Å². The standard InChI is InChI=1S/C3H5N.C2H4O2/c1-3-4-2;1-2(3)4/h3H2,1H3;1H3,(H,3,4). The van der Waals surface area contributed by atoms with Gasteiger partial charge in [0, 0.05) is 13.8 Å². The molecule has 0 aromatic rings. The molecule has 0 unspecified atom stereocenters. The van der Waals surface area contributed by atoms with Gasteiger partial charge in [0.05, 0.1) is 0 Å². The van der Waals surface area contributed by atoms with Gasteiger partial charge in [-0.15, -0.1) is 0 Å². The molecule has 0 aromatic heterocycles. The molecule has 0 saturated carbocycles. The minimum absolute atomic E-state index is 0.611. The summed E-state index contributed by atoms with van der Waals surface area (Å²) in [5.74, 6) is -0.833. The summed E-state index contributed by atoms with van der Waals surface area (Å²) in [6, 6.07) is 0. The van der Waals surface area contributed by atoms with Crippen LogP contribution < -0.4 is 0 Å². The van der Waals surface area contributed by atoms with E-state index in [0.717, 1.165) is 6.92 Å². The number of hydrogen-bond donors (Lipinski definition) is 1. The van der Waals surface area contributed by atoms with Crippen molar-refractivity contribution >= 4 is 5.97 Å². The van der Waals surface area contributed by atoms with Gasteiger partial charge in [0.25, 0.3) is 5.97 Å². The van der Waals surface area contributed by atoms with E-state index >= 15 is 0 Å². The molecule has 3 nitrogen and oxygen atoms in total. The third-order valence-corrected chi connectivity index (χ3v) is 0.158.